The van der Waals surface area contributed by atoms with Crippen molar-refractivity contribution >= 4 is 6.03 Å². The second-order valence-corrected chi connectivity index (χ2v) is 6.97. The zero-order valence-corrected chi connectivity index (χ0v) is 14.4. The summed E-state index contributed by atoms with van der Waals surface area (Å²) in [4.78, 5) is 16.3. The van der Waals surface area contributed by atoms with Crippen molar-refractivity contribution in [3.8, 4) is 0 Å². The predicted molar refractivity (Wildman–Crippen MR) is 94.6 cm³/mol. The third-order valence-electron chi connectivity index (χ3n) is 4.45. The van der Waals surface area contributed by atoms with Crippen LogP contribution in [-0.4, -0.2) is 22.1 Å². The molecule has 0 spiro atoms. The van der Waals surface area contributed by atoms with E-state index < -0.39 is 0 Å². The van der Waals surface area contributed by atoms with Gasteiger partial charge < -0.3 is 15.2 Å². The Hall–Kier alpha value is -2.30. The molecular weight excluding hydrogens is 300 g/mol. The Bertz CT molecular complexity index is 665. The van der Waals surface area contributed by atoms with Gasteiger partial charge in [-0.15, -0.1) is 0 Å². The molecule has 2 unspecified atom stereocenters. The summed E-state index contributed by atoms with van der Waals surface area (Å²) >= 11 is 0. The number of nitrogens with zero attached hydrogens (tertiary/aromatic N) is 2. The predicted octanol–water partition coefficient (Wildman–Crippen LogP) is 3.14. The van der Waals surface area contributed by atoms with Crippen LogP contribution in [0.3, 0.4) is 0 Å². The maximum Gasteiger partial charge on any atom is 0.315 e. The molecule has 0 aliphatic heterocycles. The summed E-state index contributed by atoms with van der Waals surface area (Å²) in [6, 6.07) is 10.4. The van der Waals surface area contributed by atoms with Gasteiger partial charge in [0.2, 0.25) is 0 Å². The highest BCUT2D eigenvalue weighted by molar-refractivity contribution is 5.73. The minimum absolute atomic E-state index is 0.118. The molecule has 1 saturated carbocycles. The highest BCUT2D eigenvalue weighted by Crippen LogP contribution is 2.46. The maximum atomic E-state index is 12.0. The fourth-order valence-corrected chi connectivity index (χ4v) is 3.09. The molecule has 1 aromatic heterocycles. The van der Waals surface area contributed by atoms with E-state index in [2.05, 4.69) is 58.3 Å². The van der Waals surface area contributed by atoms with Crippen LogP contribution in [0.4, 0.5) is 4.79 Å². The third-order valence-corrected chi connectivity index (χ3v) is 4.45. The quantitative estimate of drug-likeness (QED) is 0.821. The van der Waals surface area contributed by atoms with Crippen LogP contribution < -0.4 is 10.6 Å². The fourth-order valence-electron chi connectivity index (χ4n) is 3.09. The number of hydrogen-bond donors (Lipinski definition) is 2. The average molecular weight is 326 g/mol. The Morgan fingerprint density at radius 2 is 2.08 bits per heavy atom. The molecule has 2 aromatic rings. The molecule has 1 aliphatic rings. The van der Waals surface area contributed by atoms with Crippen LogP contribution in [0, 0.1) is 11.8 Å². The number of carbonyl (C=O) groups is 1. The van der Waals surface area contributed by atoms with Gasteiger partial charge in [0.25, 0.3) is 0 Å². The van der Waals surface area contributed by atoms with Crippen molar-refractivity contribution in [3.05, 3.63) is 54.1 Å². The monoisotopic (exact) mass is 326 g/mol. The van der Waals surface area contributed by atoms with Crippen LogP contribution in [0.5, 0.6) is 0 Å². The summed E-state index contributed by atoms with van der Waals surface area (Å²) in [5, 5.41) is 5.88. The first-order chi connectivity index (χ1) is 11.6. The Morgan fingerprint density at radius 3 is 2.83 bits per heavy atom. The summed E-state index contributed by atoms with van der Waals surface area (Å²) in [6.45, 7) is 6.44. The van der Waals surface area contributed by atoms with E-state index in [9.17, 15) is 4.79 Å². The van der Waals surface area contributed by atoms with Crippen LogP contribution in [0.15, 0.2) is 42.7 Å². The molecule has 1 heterocycles. The van der Waals surface area contributed by atoms with Crippen LogP contribution >= 0.6 is 0 Å². The van der Waals surface area contributed by atoms with E-state index in [4.69, 9.17) is 0 Å². The Balaban J connectivity index is 1.39. The van der Waals surface area contributed by atoms with Crippen molar-refractivity contribution in [3.63, 3.8) is 0 Å². The lowest BCUT2D eigenvalue weighted by Gasteiger charge is -2.11. The molecular formula is C19H26N4O. The van der Waals surface area contributed by atoms with Gasteiger partial charge in [-0.3, -0.25) is 0 Å². The molecule has 2 amide bonds. The molecule has 24 heavy (non-hydrogen) atoms. The van der Waals surface area contributed by atoms with E-state index in [1.54, 1.807) is 6.20 Å². The average Bonchev–Trinajstić information content (AvgIpc) is 3.23. The zero-order valence-electron chi connectivity index (χ0n) is 14.4. The molecule has 1 aliphatic carbocycles. The van der Waals surface area contributed by atoms with E-state index in [-0.39, 0.29) is 6.03 Å². The highest BCUT2D eigenvalue weighted by atomic mass is 16.2. The van der Waals surface area contributed by atoms with Gasteiger partial charge in [0.1, 0.15) is 5.82 Å². The van der Waals surface area contributed by atoms with Gasteiger partial charge in [-0.2, -0.15) is 0 Å². The van der Waals surface area contributed by atoms with Crippen molar-refractivity contribution in [2.24, 2.45) is 11.8 Å². The Labute approximate surface area is 143 Å². The SMILES string of the molecule is CC(C)Cn1ccnc1CNC(=O)NCC1CC1c1ccccc1. The molecule has 0 bridgehead atoms. The number of amides is 2. The summed E-state index contributed by atoms with van der Waals surface area (Å²) in [5.74, 6) is 2.60. The minimum Gasteiger partial charge on any atom is -0.338 e. The number of imidazole rings is 1. The Morgan fingerprint density at radius 1 is 1.29 bits per heavy atom. The molecule has 2 atom stereocenters. The molecule has 2 N–H and O–H groups in total. The fraction of sp³-hybridized carbons (Fsp3) is 0.474. The maximum absolute atomic E-state index is 12.0. The summed E-state index contributed by atoms with van der Waals surface area (Å²) in [7, 11) is 0. The van der Waals surface area contributed by atoms with E-state index in [0.29, 0.717) is 24.3 Å². The number of carbonyl (C=O) groups excluding carboxylic acids is 1. The number of rotatable bonds is 7. The number of nitrogens with one attached hydrogen (secondary N) is 2. The van der Waals surface area contributed by atoms with Gasteiger partial charge in [-0.1, -0.05) is 44.2 Å². The van der Waals surface area contributed by atoms with Crippen LogP contribution in [-0.2, 0) is 13.1 Å². The lowest BCUT2D eigenvalue weighted by molar-refractivity contribution is 0.239. The molecule has 0 saturated heterocycles. The van der Waals surface area contributed by atoms with Crippen molar-refractivity contribution in [2.75, 3.05) is 6.54 Å². The first kappa shape index (κ1) is 16.6. The van der Waals surface area contributed by atoms with Crippen LogP contribution in [0.1, 0.15) is 37.6 Å². The lowest BCUT2D eigenvalue weighted by atomic mass is 10.1. The van der Waals surface area contributed by atoms with E-state index >= 15 is 0 Å². The van der Waals surface area contributed by atoms with Crippen molar-refractivity contribution in [2.45, 2.75) is 39.3 Å². The Kier molecular flexibility index (Phi) is 5.18. The van der Waals surface area contributed by atoms with Crippen molar-refractivity contribution in [1.82, 2.24) is 20.2 Å². The number of benzene rings is 1. The number of hydrogen-bond acceptors (Lipinski definition) is 2. The summed E-state index contributed by atoms with van der Waals surface area (Å²) in [6.07, 6.45) is 4.90. The molecule has 5 heteroatoms. The van der Waals surface area contributed by atoms with Crippen LogP contribution in [0.25, 0.3) is 0 Å². The van der Waals surface area contributed by atoms with Crippen molar-refractivity contribution < 1.29 is 4.79 Å². The van der Waals surface area contributed by atoms with Gasteiger partial charge in [0.05, 0.1) is 6.54 Å². The minimum atomic E-state index is -0.118. The largest absolute Gasteiger partial charge is 0.338 e. The standard InChI is InChI=1S/C19H26N4O/c1-14(2)13-23-9-8-20-18(23)12-22-19(24)21-11-16-10-17(16)15-6-4-3-5-7-15/h3-9,14,16-17H,10-13H2,1-2H3,(H2,21,22,24). The van der Waals surface area contributed by atoms with Gasteiger partial charge in [0.15, 0.2) is 0 Å². The molecule has 3 rings (SSSR count). The van der Waals surface area contributed by atoms with Gasteiger partial charge >= 0.3 is 6.03 Å². The second-order valence-electron chi connectivity index (χ2n) is 6.97. The molecule has 1 fully saturated rings. The zero-order chi connectivity index (χ0) is 16.9. The molecule has 5 nitrogen and oxygen atoms in total. The first-order valence-electron chi connectivity index (χ1n) is 8.70. The lowest BCUT2D eigenvalue weighted by Crippen LogP contribution is -2.37. The van der Waals surface area contributed by atoms with E-state index in [1.807, 2.05) is 12.3 Å². The number of aromatic nitrogens is 2. The van der Waals surface area contributed by atoms with E-state index in [1.165, 1.54) is 5.56 Å². The smallest absolute Gasteiger partial charge is 0.315 e. The normalized spacial score (nSPS) is 19.3. The van der Waals surface area contributed by atoms with E-state index in [0.717, 1.165) is 25.3 Å². The topological polar surface area (TPSA) is 59.0 Å². The van der Waals surface area contributed by atoms with Gasteiger partial charge in [-0.05, 0) is 29.7 Å². The third kappa shape index (κ3) is 4.37. The molecule has 128 valence electrons. The summed E-state index contributed by atoms with van der Waals surface area (Å²) in [5.41, 5.74) is 1.38. The number of urea groups is 1. The highest BCUT2D eigenvalue weighted by Gasteiger charge is 2.37. The van der Waals surface area contributed by atoms with Crippen LogP contribution in [0.2, 0.25) is 0 Å². The molecule has 0 radical (unpaired) electrons. The summed E-state index contributed by atoms with van der Waals surface area (Å²) < 4.78 is 2.09. The molecule has 1 aromatic carbocycles. The van der Waals surface area contributed by atoms with Gasteiger partial charge in [-0.25, -0.2) is 9.78 Å². The second kappa shape index (κ2) is 7.51. The van der Waals surface area contributed by atoms with Crippen molar-refractivity contribution in [1.29, 1.82) is 0 Å². The van der Waals surface area contributed by atoms with Gasteiger partial charge in [0, 0.05) is 25.5 Å². The first-order valence-corrected chi connectivity index (χ1v) is 8.70.